The topological polar surface area (TPSA) is 116 Å². The van der Waals surface area contributed by atoms with E-state index in [1.165, 1.54) is 12.1 Å². The highest BCUT2D eigenvalue weighted by atomic mass is 32.2. The van der Waals surface area contributed by atoms with Gasteiger partial charge in [-0.3, -0.25) is 4.55 Å². The average Bonchev–Trinajstić information content (AvgIpc) is 3.52. The molecule has 166 valence electrons. The van der Waals surface area contributed by atoms with Crippen LogP contribution in [0, 0.1) is 0 Å². The highest BCUT2D eigenvalue weighted by Gasteiger charge is 2.13. The minimum Gasteiger partial charge on any atom is -0.282 e. The van der Waals surface area contributed by atoms with Crippen LogP contribution in [-0.2, 0) is 10.1 Å². The summed E-state index contributed by atoms with van der Waals surface area (Å²) in [5.74, 6) is 0.744. The molecule has 0 aliphatic heterocycles. The average molecular weight is 468 g/mol. The second-order valence-electron chi connectivity index (χ2n) is 7.69. The summed E-state index contributed by atoms with van der Waals surface area (Å²) in [5.41, 5.74) is 4.04. The SMILES string of the molecule is O=S(=O)(O)c1ccc2c(ccc3nn(-c4ccc(-c5cnn(-c6ccccn6)c5)cc4)nc32)c1. The van der Waals surface area contributed by atoms with E-state index in [0.717, 1.165) is 28.0 Å². The lowest BCUT2D eigenvalue weighted by Crippen LogP contribution is -1.98. The van der Waals surface area contributed by atoms with Gasteiger partial charge in [-0.15, -0.1) is 10.2 Å². The molecule has 1 N–H and O–H groups in total. The fourth-order valence-corrected chi connectivity index (χ4v) is 4.35. The monoisotopic (exact) mass is 468 g/mol. The van der Waals surface area contributed by atoms with Crippen LogP contribution in [0.3, 0.4) is 0 Å². The first-order valence-corrected chi connectivity index (χ1v) is 11.7. The molecule has 0 unspecified atom stereocenters. The summed E-state index contributed by atoms with van der Waals surface area (Å²) in [5, 5.41) is 15.0. The Morgan fingerprint density at radius 1 is 0.853 bits per heavy atom. The van der Waals surface area contributed by atoms with Crippen LogP contribution >= 0.6 is 0 Å². The lowest BCUT2D eigenvalue weighted by atomic mass is 10.1. The molecule has 6 aromatic rings. The fraction of sp³-hybridized carbons (Fsp3) is 0. The lowest BCUT2D eigenvalue weighted by molar-refractivity contribution is 0.483. The van der Waals surface area contributed by atoms with Crippen LogP contribution in [0.4, 0.5) is 0 Å². The van der Waals surface area contributed by atoms with Crippen molar-refractivity contribution in [2.24, 2.45) is 0 Å². The van der Waals surface area contributed by atoms with Gasteiger partial charge in [0.2, 0.25) is 0 Å². The second-order valence-corrected chi connectivity index (χ2v) is 9.11. The van der Waals surface area contributed by atoms with Gasteiger partial charge in [-0.05, 0) is 53.4 Å². The molecule has 3 heterocycles. The number of hydrogen-bond acceptors (Lipinski definition) is 6. The predicted molar refractivity (Wildman–Crippen MR) is 127 cm³/mol. The number of hydrogen-bond donors (Lipinski definition) is 1. The normalized spacial score (nSPS) is 11.9. The molecule has 0 spiro atoms. The van der Waals surface area contributed by atoms with E-state index in [1.54, 1.807) is 40.1 Å². The molecule has 0 radical (unpaired) electrons. The van der Waals surface area contributed by atoms with E-state index < -0.39 is 10.1 Å². The van der Waals surface area contributed by atoms with Crippen molar-refractivity contribution in [1.29, 1.82) is 0 Å². The molecule has 0 amide bonds. The predicted octanol–water partition coefficient (Wildman–Crippen LogP) is 4.07. The van der Waals surface area contributed by atoms with Crippen molar-refractivity contribution in [3.8, 4) is 22.6 Å². The minimum absolute atomic E-state index is 0.159. The maximum absolute atomic E-state index is 11.4. The first-order chi connectivity index (χ1) is 16.5. The van der Waals surface area contributed by atoms with Gasteiger partial charge in [-0.25, -0.2) is 9.67 Å². The van der Waals surface area contributed by atoms with Crippen LogP contribution in [0.15, 0.2) is 96.3 Å². The smallest absolute Gasteiger partial charge is 0.282 e. The van der Waals surface area contributed by atoms with Crippen LogP contribution in [0.2, 0.25) is 0 Å². The van der Waals surface area contributed by atoms with Crippen molar-refractivity contribution < 1.29 is 13.0 Å². The molecule has 0 saturated heterocycles. The van der Waals surface area contributed by atoms with Crippen molar-refractivity contribution in [2.45, 2.75) is 4.90 Å². The quantitative estimate of drug-likeness (QED) is 0.388. The summed E-state index contributed by atoms with van der Waals surface area (Å²) in [4.78, 5) is 5.69. The molecule has 0 atom stereocenters. The second kappa shape index (κ2) is 7.58. The van der Waals surface area contributed by atoms with Crippen LogP contribution < -0.4 is 0 Å². The summed E-state index contributed by atoms with van der Waals surface area (Å²) < 4.78 is 33.9. The van der Waals surface area contributed by atoms with Gasteiger partial charge in [0.05, 0.1) is 16.8 Å². The summed E-state index contributed by atoms with van der Waals surface area (Å²) >= 11 is 0. The standard InChI is InChI=1S/C24H16N6O3S/c31-34(32,33)20-9-10-21-17(13-20)6-11-22-24(21)28-30(27-22)19-7-4-16(5-8-19)18-14-26-29(15-18)23-3-1-2-12-25-23/h1-15H,(H,31,32,33). The molecule has 0 aliphatic rings. The van der Waals surface area contributed by atoms with Crippen molar-refractivity contribution in [3.63, 3.8) is 0 Å². The molecule has 0 saturated carbocycles. The Labute approximate surface area is 193 Å². The highest BCUT2D eigenvalue weighted by Crippen LogP contribution is 2.27. The molecular formula is C24H16N6O3S. The van der Waals surface area contributed by atoms with Gasteiger partial charge in [0.15, 0.2) is 5.82 Å². The first kappa shape index (κ1) is 20.2. The minimum atomic E-state index is -4.28. The molecule has 34 heavy (non-hydrogen) atoms. The van der Waals surface area contributed by atoms with Gasteiger partial charge in [-0.1, -0.05) is 30.3 Å². The third kappa shape index (κ3) is 3.51. The van der Waals surface area contributed by atoms with E-state index in [2.05, 4.69) is 20.3 Å². The third-order valence-electron chi connectivity index (χ3n) is 5.53. The van der Waals surface area contributed by atoms with Crippen molar-refractivity contribution in [1.82, 2.24) is 29.8 Å². The third-order valence-corrected chi connectivity index (χ3v) is 6.38. The molecule has 0 aliphatic carbocycles. The van der Waals surface area contributed by atoms with E-state index in [1.807, 2.05) is 48.7 Å². The van der Waals surface area contributed by atoms with Gasteiger partial charge >= 0.3 is 0 Å². The van der Waals surface area contributed by atoms with Gasteiger partial charge in [0.1, 0.15) is 11.0 Å². The summed E-state index contributed by atoms with van der Waals surface area (Å²) in [7, 11) is -4.28. The number of pyridine rings is 1. The molecule has 0 bridgehead atoms. The number of benzene rings is 3. The van der Waals surface area contributed by atoms with E-state index in [9.17, 15) is 13.0 Å². The summed E-state index contributed by atoms with van der Waals surface area (Å²) in [6.45, 7) is 0. The van der Waals surface area contributed by atoms with Crippen LogP contribution in [0.5, 0.6) is 0 Å². The zero-order valence-corrected chi connectivity index (χ0v) is 18.3. The van der Waals surface area contributed by atoms with E-state index >= 15 is 0 Å². The van der Waals surface area contributed by atoms with Crippen LogP contribution in [-0.4, -0.2) is 42.7 Å². The van der Waals surface area contributed by atoms with E-state index in [-0.39, 0.29) is 4.90 Å². The van der Waals surface area contributed by atoms with E-state index in [0.29, 0.717) is 16.4 Å². The Hall–Kier alpha value is -4.41. The Morgan fingerprint density at radius 2 is 1.71 bits per heavy atom. The summed E-state index contributed by atoms with van der Waals surface area (Å²) in [6.07, 6.45) is 5.44. The molecule has 9 nitrogen and oxygen atoms in total. The van der Waals surface area contributed by atoms with E-state index in [4.69, 9.17) is 0 Å². The van der Waals surface area contributed by atoms with Gasteiger partial charge in [-0.2, -0.15) is 18.3 Å². The number of fused-ring (bicyclic) bond motifs is 3. The summed E-state index contributed by atoms with van der Waals surface area (Å²) in [6, 6.07) is 21.4. The molecule has 10 heteroatoms. The molecule has 3 aromatic carbocycles. The maximum atomic E-state index is 11.4. The lowest BCUT2D eigenvalue weighted by Gasteiger charge is -2.02. The molecule has 3 aromatic heterocycles. The largest absolute Gasteiger partial charge is 0.294 e. The van der Waals surface area contributed by atoms with Crippen molar-refractivity contribution in [3.05, 3.63) is 91.4 Å². The van der Waals surface area contributed by atoms with Crippen LogP contribution in [0.1, 0.15) is 0 Å². The highest BCUT2D eigenvalue weighted by molar-refractivity contribution is 7.85. The van der Waals surface area contributed by atoms with Gasteiger partial charge in [0.25, 0.3) is 10.1 Å². The Kier molecular flexibility index (Phi) is 4.51. The molecule has 0 fully saturated rings. The van der Waals surface area contributed by atoms with Crippen molar-refractivity contribution in [2.75, 3.05) is 0 Å². The Balaban J connectivity index is 1.34. The van der Waals surface area contributed by atoms with Crippen molar-refractivity contribution >= 4 is 31.9 Å². The zero-order valence-electron chi connectivity index (χ0n) is 17.5. The zero-order chi connectivity index (χ0) is 23.3. The maximum Gasteiger partial charge on any atom is 0.294 e. The Bertz CT molecular complexity index is 1780. The fourth-order valence-electron chi connectivity index (χ4n) is 3.83. The molecular weight excluding hydrogens is 452 g/mol. The first-order valence-electron chi connectivity index (χ1n) is 10.3. The number of nitrogens with zero attached hydrogens (tertiary/aromatic N) is 6. The van der Waals surface area contributed by atoms with Gasteiger partial charge < -0.3 is 0 Å². The van der Waals surface area contributed by atoms with Gasteiger partial charge in [0, 0.05) is 23.3 Å². The Morgan fingerprint density at radius 3 is 2.47 bits per heavy atom. The number of rotatable bonds is 4. The number of aromatic nitrogens is 6. The van der Waals surface area contributed by atoms with Crippen LogP contribution in [0.25, 0.3) is 44.4 Å². The molecule has 6 rings (SSSR count).